The molecule has 0 aromatic heterocycles. The summed E-state index contributed by atoms with van der Waals surface area (Å²) in [6, 6.07) is 0.517. The molecule has 0 spiro atoms. The summed E-state index contributed by atoms with van der Waals surface area (Å²) in [4.78, 5) is 0. The van der Waals surface area contributed by atoms with E-state index < -0.39 is 10.1 Å². The van der Waals surface area contributed by atoms with Gasteiger partial charge in [0.15, 0.2) is 0 Å². The zero-order valence-corrected chi connectivity index (χ0v) is 12.3. The maximum absolute atomic E-state index is 10.6. The molecule has 18 heavy (non-hydrogen) atoms. The fourth-order valence-corrected chi connectivity index (χ4v) is 4.47. The van der Waals surface area contributed by atoms with Crippen LogP contribution in [0.2, 0.25) is 0 Å². The quantitative estimate of drug-likeness (QED) is 0.594. The van der Waals surface area contributed by atoms with Crippen LogP contribution in [0.5, 0.6) is 0 Å². The predicted molar refractivity (Wildman–Crippen MR) is 72.0 cm³/mol. The lowest BCUT2D eigenvalue weighted by molar-refractivity contribution is -0.114. The van der Waals surface area contributed by atoms with Gasteiger partial charge in [-0.1, -0.05) is 20.8 Å². The monoisotopic (exact) mass is 275 g/mol. The second-order valence-electron chi connectivity index (χ2n) is 6.66. The molecule has 0 aromatic carbocycles. The standard InChI is InChI=1S/C13H25NO3S/c1-9-11-7-10(13(11,2)3)8-12(9)14-5-4-6-18(15,16)17/h9-12,14H,4-8H2,1-3H3,(H,15,16,17)/t9-,10-,11+,12-/m1/s1. The van der Waals surface area contributed by atoms with Gasteiger partial charge in [0, 0.05) is 6.04 Å². The minimum Gasteiger partial charge on any atom is -0.314 e. The van der Waals surface area contributed by atoms with Crippen molar-refractivity contribution in [2.24, 2.45) is 23.2 Å². The van der Waals surface area contributed by atoms with Crippen molar-refractivity contribution >= 4 is 10.1 Å². The van der Waals surface area contributed by atoms with Crippen molar-refractivity contribution < 1.29 is 13.0 Å². The molecule has 3 fully saturated rings. The van der Waals surface area contributed by atoms with E-state index in [1.54, 1.807) is 0 Å². The fourth-order valence-electron chi connectivity index (χ4n) is 3.96. The Morgan fingerprint density at radius 3 is 2.50 bits per heavy atom. The molecule has 4 nitrogen and oxygen atoms in total. The molecule has 3 aliphatic rings. The Kier molecular flexibility index (Phi) is 3.78. The third-order valence-corrected chi connectivity index (χ3v) is 6.14. The van der Waals surface area contributed by atoms with Crippen LogP contribution in [0.1, 0.15) is 40.0 Å². The summed E-state index contributed by atoms with van der Waals surface area (Å²) in [5.41, 5.74) is 0.492. The van der Waals surface area contributed by atoms with Crippen molar-refractivity contribution in [2.45, 2.75) is 46.1 Å². The van der Waals surface area contributed by atoms with Crippen LogP contribution in [0.4, 0.5) is 0 Å². The first-order chi connectivity index (χ1) is 8.22. The average Bonchev–Trinajstić information content (AvgIpc) is 2.24. The first kappa shape index (κ1) is 14.3. The number of nitrogens with one attached hydrogen (secondary N) is 1. The Bertz CT molecular complexity index is 404. The molecule has 3 rings (SSSR count). The number of hydrogen-bond acceptors (Lipinski definition) is 3. The van der Waals surface area contributed by atoms with Gasteiger partial charge in [0.05, 0.1) is 5.75 Å². The molecule has 0 aromatic rings. The molecule has 0 unspecified atom stereocenters. The van der Waals surface area contributed by atoms with E-state index in [4.69, 9.17) is 4.55 Å². The van der Waals surface area contributed by atoms with Crippen LogP contribution in [0.25, 0.3) is 0 Å². The van der Waals surface area contributed by atoms with Gasteiger partial charge in [0.2, 0.25) is 0 Å². The maximum Gasteiger partial charge on any atom is 0.264 e. The highest BCUT2D eigenvalue weighted by Crippen LogP contribution is 2.61. The lowest BCUT2D eigenvalue weighted by Crippen LogP contribution is -2.60. The molecular formula is C13H25NO3S. The van der Waals surface area contributed by atoms with E-state index in [1.807, 2.05) is 0 Å². The van der Waals surface area contributed by atoms with Crippen LogP contribution < -0.4 is 5.32 Å². The second kappa shape index (κ2) is 4.76. The molecule has 0 saturated heterocycles. The fraction of sp³-hybridized carbons (Fsp3) is 1.00. The third-order valence-electron chi connectivity index (χ3n) is 5.34. The van der Waals surface area contributed by atoms with Gasteiger partial charge in [-0.25, -0.2) is 0 Å². The Morgan fingerprint density at radius 2 is 2.00 bits per heavy atom. The SMILES string of the molecule is C[C@H]1[C@H](NCCCS(=O)(=O)O)C[C@H]2C[C@@H]1C2(C)C. The first-order valence-electron chi connectivity index (χ1n) is 6.90. The van der Waals surface area contributed by atoms with Crippen molar-refractivity contribution in [3.63, 3.8) is 0 Å². The van der Waals surface area contributed by atoms with Crippen molar-refractivity contribution in [3.05, 3.63) is 0 Å². The summed E-state index contributed by atoms with van der Waals surface area (Å²) in [5, 5.41) is 3.47. The minimum atomic E-state index is -3.80. The summed E-state index contributed by atoms with van der Waals surface area (Å²) in [6.45, 7) is 7.73. The van der Waals surface area contributed by atoms with E-state index in [-0.39, 0.29) is 5.75 Å². The average molecular weight is 275 g/mol. The van der Waals surface area contributed by atoms with Gasteiger partial charge in [-0.05, 0) is 49.0 Å². The normalized spacial score (nSPS) is 38.2. The van der Waals surface area contributed by atoms with Gasteiger partial charge in [-0.3, -0.25) is 4.55 Å². The third kappa shape index (κ3) is 2.73. The lowest BCUT2D eigenvalue weighted by Gasteiger charge is -2.62. The number of rotatable bonds is 5. The highest BCUT2D eigenvalue weighted by Gasteiger charge is 2.55. The summed E-state index contributed by atoms with van der Waals surface area (Å²) in [6.07, 6.45) is 3.05. The summed E-state index contributed by atoms with van der Waals surface area (Å²) >= 11 is 0. The second-order valence-corrected chi connectivity index (χ2v) is 8.23. The molecule has 0 aliphatic heterocycles. The summed E-state index contributed by atoms with van der Waals surface area (Å²) in [7, 11) is -3.80. The lowest BCUT2D eigenvalue weighted by atomic mass is 9.45. The summed E-state index contributed by atoms with van der Waals surface area (Å²) < 4.78 is 29.9. The van der Waals surface area contributed by atoms with E-state index in [2.05, 4.69) is 26.1 Å². The van der Waals surface area contributed by atoms with Crippen LogP contribution in [0.3, 0.4) is 0 Å². The van der Waals surface area contributed by atoms with Gasteiger partial charge < -0.3 is 5.32 Å². The van der Waals surface area contributed by atoms with Gasteiger partial charge in [-0.2, -0.15) is 8.42 Å². The predicted octanol–water partition coefficient (Wildman–Crippen LogP) is 1.92. The van der Waals surface area contributed by atoms with E-state index in [1.165, 1.54) is 12.8 Å². The molecule has 0 amide bonds. The number of fused-ring (bicyclic) bond motifs is 2. The maximum atomic E-state index is 10.6. The molecule has 106 valence electrons. The van der Waals surface area contributed by atoms with Gasteiger partial charge in [0.1, 0.15) is 0 Å². The molecule has 3 aliphatic carbocycles. The van der Waals surface area contributed by atoms with Crippen LogP contribution in [0, 0.1) is 23.2 Å². The topological polar surface area (TPSA) is 66.4 Å². The van der Waals surface area contributed by atoms with E-state index in [0.717, 1.165) is 11.8 Å². The van der Waals surface area contributed by atoms with Crippen LogP contribution in [-0.2, 0) is 10.1 Å². The first-order valence-corrected chi connectivity index (χ1v) is 8.51. The Labute approximate surface area is 110 Å². The smallest absolute Gasteiger partial charge is 0.264 e. The van der Waals surface area contributed by atoms with Crippen LogP contribution in [0.15, 0.2) is 0 Å². The van der Waals surface area contributed by atoms with Crippen molar-refractivity contribution in [1.29, 1.82) is 0 Å². The molecule has 2 N–H and O–H groups in total. The molecule has 0 radical (unpaired) electrons. The molecule has 4 atom stereocenters. The highest BCUT2D eigenvalue weighted by atomic mass is 32.2. The molecule has 5 heteroatoms. The molecule has 3 saturated carbocycles. The van der Waals surface area contributed by atoms with E-state index >= 15 is 0 Å². The zero-order chi connectivity index (χ0) is 13.6. The minimum absolute atomic E-state index is 0.139. The Hall–Kier alpha value is -0.130. The summed E-state index contributed by atoms with van der Waals surface area (Å²) in [5.74, 6) is 2.14. The Balaban J connectivity index is 1.76. The van der Waals surface area contributed by atoms with E-state index in [0.29, 0.717) is 30.3 Å². The van der Waals surface area contributed by atoms with Gasteiger partial charge in [-0.15, -0.1) is 0 Å². The van der Waals surface area contributed by atoms with E-state index in [9.17, 15) is 8.42 Å². The molecule has 2 bridgehead atoms. The molecule has 0 heterocycles. The molecular weight excluding hydrogens is 250 g/mol. The van der Waals surface area contributed by atoms with Crippen LogP contribution >= 0.6 is 0 Å². The Morgan fingerprint density at radius 1 is 1.33 bits per heavy atom. The van der Waals surface area contributed by atoms with Crippen LogP contribution in [-0.4, -0.2) is 31.3 Å². The highest BCUT2D eigenvalue weighted by molar-refractivity contribution is 7.85. The van der Waals surface area contributed by atoms with Crippen molar-refractivity contribution in [1.82, 2.24) is 5.32 Å². The van der Waals surface area contributed by atoms with Crippen molar-refractivity contribution in [2.75, 3.05) is 12.3 Å². The number of hydrogen-bond donors (Lipinski definition) is 2. The largest absolute Gasteiger partial charge is 0.314 e. The van der Waals surface area contributed by atoms with Crippen molar-refractivity contribution in [3.8, 4) is 0 Å². The van der Waals surface area contributed by atoms with Gasteiger partial charge in [0.25, 0.3) is 10.1 Å². The van der Waals surface area contributed by atoms with Gasteiger partial charge >= 0.3 is 0 Å². The zero-order valence-electron chi connectivity index (χ0n) is 11.5.